The Morgan fingerprint density at radius 2 is 1.59 bits per heavy atom. The number of carbonyl (C=O) groups excluding carboxylic acids is 2. The third-order valence-electron chi connectivity index (χ3n) is 4.72. The third-order valence-corrected chi connectivity index (χ3v) is 6.58. The van der Waals surface area contributed by atoms with E-state index >= 15 is 0 Å². The molecule has 0 heterocycles. The molecule has 202 valence electrons. The van der Waals surface area contributed by atoms with E-state index in [1.807, 2.05) is 0 Å². The lowest BCUT2D eigenvalue weighted by Crippen LogP contribution is -2.47. The molecule has 0 aromatic heterocycles. The highest BCUT2D eigenvalue weighted by Crippen LogP contribution is 2.42. The van der Waals surface area contributed by atoms with Crippen LogP contribution in [0.1, 0.15) is 34.3 Å². The molecule has 4 nitrogen and oxygen atoms in total. The maximum Gasteiger partial charge on any atom is 0.405 e. The summed E-state index contributed by atoms with van der Waals surface area (Å²) in [6.07, 6.45) is -9.28. The van der Waals surface area contributed by atoms with Crippen molar-refractivity contribution in [2.24, 2.45) is 0 Å². The molecule has 2 rings (SSSR count). The number of benzene rings is 2. The van der Waals surface area contributed by atoms with Crippen molar-refractivity contribution < 1.29 is 40.3 Å². The topological polar surface area (TPSA) is 58.2 Å². The quantitative estimate of drug-likeness (QED) is 0.235. The van der Waals surface area contributed by atoms with Crippen molar-refractivity contribution in [3.63, 3.8) is 0 Å². The van der Waals surface area contributed by atoms with Crippen LogP contribution in [-0.4, -0.2) is 36.8 Å². The second-order valence-electron chi connectivity index (χ2n) is 7.56. The number of hydrogen-bond acceptors (Lipinski definition) is 2. The molecular weight excluding hydrogens is 644 g/mol. The fraction of sp³-hybridized carbons (Fsp3) is 0.273. The highest BCUT2D eigenvalue weighted by atomic mass is 79.9. The Bertz CT molecular complexity index is 1200. The van der Waals surface area contributed by atoms with Crippen LogP contribution in [0.4, 0.5) is 30.7 Å². The minimum Gasteiger partial charge on any atom is -0.345 e. The molecule has 2 amide bonds. The number of halogens is 11. The minimum absolute atomic E-state index is 0.0601. The summed E-state index contributed by atoms with van der Waals surface area (Å²) in [6, 6.07) is 3.55. The maximum atomic E-state index is 14.9. The van der Waals surface area contributed by atoms with E-state index in [2.05, 4.69) is 21.2 Å². The first-order chi connectivity index (χ1) is 16.9. The molecule has 0 aliphatic heterocycles. The maximum absolute atomic E-state index is 14.9. The average Bonchev–Trinajstić information content (AvgIpc) is 2.77. The number of alkyl halides is 6. The largest absolute Gasteiger partial charge is 0.405 e. The summed E-state index contributed by atoms with van der Waals surface area (Å²) in [7, 11) is 0. The van der Waals surface area contributed by atoms with Gasteiger partial charge in [0, 0.05) is 10.0 Å². The summed E-state index contributed by atoms with van der Waals surface area (Å²) in [6.45, 7) is -0.454. The van der Waals surface area contributed by atoms with Gasteiger partial charge >= 0.3 is 12.4 Å². The van der Waals surface area contributed by atoms with Crippen LogP contribution in [0.2, 0.25) is 15.1 Å². The number of rotatable bonds is 7. The van der Waals surface area contributed by atoms with Crippen LogP contribution in [0.15, 0.2) is 40.9 Å². The molecule has 2 atom stereocenters. The first-order valence-electron chi connectivity index (χ1n) is 9.94. The highest BCUT2D eigenvalue weighted by Gasteiger charge is 2.40. The first kappa shape index (κ1) is 31.2. The number of carbonyl (C=O) groups is 2. The van der Waals surface area contributed by atoms with Crippen molar-refractivity contribution in [1.29, 1.82) is 0 Å². The van der Waals surface area contributed by atoms with Crippen LogP contribution in [0, 0.1) is 0 Å². The normalized spacial score (nSPS) is 14.2. The summed E-state index contributed by atoms with van der Waals surface area (Å²) in [5, 5.41) is 3.10. The Morgan fingerprint density at radius 1 is 1.03 bits per heavy atom. The average molecular weight is 659 g/mol. The molecule has 0 radical (unpaired) electrons. The number of nitrogens with one attached hydrogen (secondary N) is 2. The van der Waals surface area contributed by atoms with Crippen LogP contribution >= 0.6 is 50.7 Å². The van der Waals surface area contributed by atoms with Gasteiger partial charge in [-0.25, -0.2) is 4.39 Å². The van der Waals surface area contributed by atoms with Gasteiger partial charge in [0.25, 0.3) is 5.91 Å². The monoisotopic (exact) mass is 656 g/mol. The van der Waals surface area contributed by atoms with Crippen LogP contribution in [0.5, 0.6) is 0 Å². The number of allylic oxidation sites excluding steroid dienone is 1. The zero-order chi connectivity index (χ0) is 28.3. The predicted octanol–water partition coefficient (Wildman–Crippen LogP) is 7.86. The van der Waals surface area contributed by atoms with Crippen LogP contribution in [0.3, 0.4) is 0 Å². The molecule has 0 spiro atoms. The van der Waals surface area contributed by atoms with Gasteiger partial charge in [0.15, 0.2) is 0 Å². The lowest BCUT2D eigenvalue weighted by atomic mass is 9.96. The van der Waals surface area contributed by atoms with Crippen molar-refractivity contribution in [2.45, 2.75) is 31.2 Å². The van der Waals surface area contributed by atoms with Gasteiger partial charge in [-0.15, -0.1) is 0 Å². The van der Waals surface area contributed by atoms with Gasteiger partial charge in [0.05, 0.1) is 20.6 Å². The van der Waals surface area contributed by atoms with E-state index in [1.165, 1.54) is 0 Å². The van der Waals surface area contributed by atoms with Gasteiger partial charge in [-0.05, 0) is 58.8 Å². The summed E-state index contributed by atoms with van der Waals surface area (Å²) < 4.78 is 92.7. The molecule has 2 aromatic carbocycles. The molecule has 0 saturated carbocycles. The molecule has 0 aliphatic rings. The van der Waals surface area contributed by atoms with Crippen LogP contribution in [0.25, 0.3) is 5.83 Å². The Hall–Kier alpha value is -2.02. The number of amides is 2. The standard InChI is InChI=1S/C22H15BrCl3F7N2O2/c1-9(19(36)34-8-21(28,29)30)35-20(37)12-3-2-10(4-14(12)23)17(27)7-13(22(31,32)33)11-5-15(24)18(26)16(25)6-11/h2-7,9,13H,8H2,1H3,(H,34,36)(H,35,37)/b17-7-. The SMILES string of the molecule is CC(NC(=O)c1ccc(/C(F)=C/C(c2cc(Cl)c(Cl)c(Cl)c2)C(F)(F)F)cc1Br)C(=O)NCC(F)(F)F. The lowest BCUT2D eigenvalue weighted by molar-refractivity contribution is -0.139. The van der Waals surface area contributed by atoms with E-state index < -0.39 is 54.1 Å². The molecule has 0 fully saturated rings. The Kier molecular flexibility index (Phi) is 10.3. The summed E-state index contributed by atoms with van der Waals surface area (Å²) in [5.74, 6) is -5.75. The zero-order valence-electron chi connectivity index (χ0n) is 18.3. The van der Waals surface area contributed by atoms with Gasteiger partial charge in [-0.3, -0.25) is 9.59 Å². The van der Waals surface area contributed by atoms with Crippen molar-refractivity contribution in [1.82, 2.24) is 10.6 Å². The molecule has 2 N–H and O–H groups in total. The minimum atomic E-state index is -4.93. The van der Waals surface area contributed by atoms with Crippen molar-refractivity contribution in [2.75, 3.05) is 6.54 Å². The molecule has 2 unspecified atom stereocenters. The van der Waals surface area contributed by atoms with E-state index in [-0.39, 0.29) is 30.7 Å². The van der Waals surface area contributed by atoms with Crippen molar-refractivity contribution >= 4 is 68.4 Å². The molecule has 0 saturated heterocycles. The predicted molar refractivity (Wildman–Crippen MR) is 129 cm³/mol. The summed E-state index contributed by atoms with van der Waals surface area (Å²) >= 11 is 20.4. The first-order valence-corrected chi connectivity index (χ1v) is 11.9. The second kappa shape index (κ2) is 12.2. The summed E-state index contributed by atoms with van der Waals surface area (Å²) in [5.41, 5.74) is -0.953. The van der Waals surface area contributed by atoms with E-state index in [9.17, 15) is 40.3 Å². The fourth-order valence-corrected chi connectivity index (χ4v) is 4.08. The second-order valence-corrected chi connectivity index (χ2v) is 9.60. The molecular formula is C22H15BrCl3F7N2O2. The van der Waals surface area contributed by atoms with Gasteiger partial charge in [0.2, 0.25) is 5.91 Å². The Morgan fingerprint density at radius 3 is 2.08 bits per heavy atom. The van der Waals surface area contributed by atoms with E-state index in [4.69, 9.17) is 34.8 Å². The molecule has 2 aromatic rings. The Labute approximate surface area is 229 Å². The zero-order valence-corrected chi connectivity index (χ0v) is 22.2. The molecule has 15 heteroatoms. The fourth-order valence-electron chi connectivity index (χ4n) is 2.91. The van der Waals surface area contributed by atoms with E-state index in [1.54, 1.807) is 5.32 Å². The molecule has 37 heavy (non-hydrogen) atoms. The van der Waals surface area contributed by atoms with Gasteiger partial charge < -0.3 is 10.6 Å². The van der Waals surface area contributed by atoms with Crippen LogP contribution in [-0.2, 0) is 4.79 Å². The van der Waals surface area contributed by atoms with Crippen LogP contribution < -0.4 is 10.6 Å². The lowest BCUT2D eigenvalue weighted by Gasteiger charge is -2.19. The van der Waals surface area contributed by atoms with Gasteiger partial charge in [0.1, 0.15) is 24.3 Å². The smallest absolute Gasteiger partial charge is 0.345 e. The molecule has 0 bridgehead atoms. The Balaban J connectivity index is 2.27. The van der Waals surface area contributed by atoms with E-state index in [0.717, 1.165) is 37.3 Å². The van der Waals surface area contributed by atoms with Gasteiger partial charge in [-0.1, -0.05) is 40.9 Å². The highest BCUT2D eigenvalue weighted by molar-refractivity contribution is 9.10. The third kappa shape index (κ3) is 8.76. The van der Waals surface area contributed by atoms with E-state index in [0.29, 0.717) is 6.08 Å². The van der Waals surface area contributed by atoms with Crippen molar-refractivity contribution in [3.05, 3.63) is 72.6 Å². The molecule has 0 aliphatic carbocycles. The summed E-state index contributed by atoms with van der Waals surface area (Å²) in [4.78, 5) is 24.1. The van der Waals surface area contributed by atoms with Gasteiger partial charge in [-0.2, -0.15) is 26.3 Å². The number of hydrogen-bond donors (Lipinski definition) is 2. The van der Waals surface area contributed by atoms with Crippen molar-refractivity contribution in [3.8, 4) is 0 Å².